The second-order valence-corrected chi connectivity index (χ2v) is 5.08. The molecule has 1 aromatic heterocycles. The van der Waals surface area contributed by atoms with Crippen molar-refractivity contribution in [2.45, 2.75) is 12.6 Å². The number of rotatable bonds is 3. The van der Waals surface area contributed by atoms with Gasteiger partial charge in [0.05, 0.1) is 23.7 Å². The molecule has 0 bridgehead atoms. The smallest absolute Gasteiger partial charge is 0.254 e. The molecule has 1 aliphatic rings. The number of carbonyl (C=O) groups excluding carboxylic acids is 1. The number of benzene rings is 1. The summed E-state index contributed by atoms with van der Waals surface area (Å²) < 4.78 is 1.80. The first-order valence-corrected chi connectivity index (χ1v) is 6.80. The van der Waals surface area contributed by atoms with Crippen molar-refractivity contribution in [3.05, 3.63) is 41.7 Å². The third kappa shape index (κ3) is 2.22. The molecule has 1 unspecified atom stereocenters. The van der Waals surface area contributed by atoms with Crippen molar-refractivity contribution >= 4 is 16.9 Å². The molecule has 21 heavy (non-hydrogen) atoms. The van der Waals surface area contributed by atoms with E-state index in [0.29, 0.717) is 23.4 Å². The van der Waals surface area contributed by atoms with Gasteiger partial charge in [-0.1, -0.05) is 12.2 Å². The first kappa shape index (κ1) is 13.8. The molecule has 0 aliphatic carbocycles. The number of imidazole rings is 1. The van der Waals surface area contributed by atoms with Gasteiger partial charge in [0.1, 0.15) is 12.4 Å². The van der Waals surface area contributed by atoms with Crippen LogP contribution in [0, 0.1) is 0 Å². The third-order valence-corrected chi connectivity index (χ3v) is 3.87. The van der Waals surface area contributed by atoms with Crippen LogP contribution in [0.4, 0.5) is 0 Å². The molecule has 6 nitrogen and oxygen atoms in total. The van der Waals surface area contributed by atoms with E-state index in [2.05, 4.69) is 4.98 Å². The number of hydrogen-bond acceptors (Lipinski definition) is 4. The van der Waals surface area contributed by atoms with Crippen molar-refractivity contribution in [3.63, 3.8) is 0 Å². The SMILES string of the molecule is Cn1c(CO)nc2cc(C(=O)N3CC=CC3CO)ccc21. The van der Waals surface area contributed by atoms with Gasteiger partial charge >= 0.3 is 0 Å². The lowest BCUT2D eigenvalue weighted by molar-refractivity contribution is 0.0700. The highest BCUT2D eigenvalue weighted by molar-refractivity contribution is 5.98. The van der Waals surface area contributed by atoms with Crippen LogP contribution in [0.15, 0.2) is 30.4 Å². The monoisotopic (exact) mass is 287 g/mol. The molecule has 1 aromatic carbocycles. The van der Waals surface area contributed by atoms with Crippen molar-refractivity contribution in [2.75, 3.05) is 13.2 Å². The van der Waals surface area contributed by atoms with Gasteiger partial charge in [-0.15, -0.1) is 0 Å². The Morgan fingerprint density at radius 2 is 2.24 bits per heavy atom. The number of aryl methyl sites for hydroxylation is 1. The van der Waals surface area contributed by atoms with Crippen molar-refractivity contribution < 1.29 is 15.0 Å². The van der Waals surface area contributed by atoms with E-state index < -0.39 is 0 Å². The predicted octanol–water partition coefficient (Wildman–Crippen LogP) is 0.438. The van der Waals surface area contributed by atoms with E-state index in [4.69, 9.17) is 0 Å². The van der Waals surface area contributed by atoms with Crippen LogP contribution in [0.2, 0.25) is 0 Å². The van der Waals surface area contributed by atoms with Crippen LogP contribution in [0.1, 0.15) is 16.2 Å². The van der Waals surface area contributed by atoms with Crippen LogP contribution < -0.4 is 0 Å². The lowest BCUT2D eigenvalue weighted by atomic mass is 10.1. The van der Waals surface area contributed by atoms with Crippen LogP contribution in [-0.4, -0.2) is 49.8 Å². The van der Waals surface area contributed by atoms with Crippen molar-refractivity contribution in [2.24, 2.45) is 7.05 Å². The van der Waals surface area contributed by atoms with E-state index in [1.807, 2.05) is 25.3 Å². The van der Waals surface area contributed by atoms with Crippen LogP contribution in [0.25, 0.3) is 11.0 Å². The molecule has 0 fully saturated rings. The number of aromatic nitrogens is 2. The minimum Gasteiger partial charge on any atom is -0.394 e. The largest absolute Gasteiger partial charge is 0.394 e. The summed E-state index contributed by atoms with van der Waals surface area (Å²) in [7, 11) is 1.83. The molecule has 2 aromatic rings. The van der Waals surface area contributed by atoms with E-state index in [0.717, 1.165) is 5.52 Å². The summed E-state index contributed by atoms with van der Waals surface area (Å²) in [5.41, 5.74) is 2.08. The van der Waals surface area contributed by atoms with E-state index in [-0.39, 0.29) is 25.2 Å². The summed E-state index contributed by atoms with van der Waals surface area (Å²) in [5, 5.41) is 18.5. The minimum atomic E-state index is -0.259. The second kappa shape index (κ2) is 5.31. The maximum Gasteiger partial charge on any atom is 0.254 e. The van der Waals surface area contributed by atoms with Crippen LogP contribution in [-0.2, 0) is 13.7 Å². The molecule has 2 heterocycles. The Bertz CT molecular complexity index is 720. The van der Waals surface area contributed by atoms with Gasteiger partial charge < -0.3 is 19.7 Å². The van der Waals surface area contributed by atoms with Gasteiger partial charge in [0, 0.05) is 19.2 Å². The highest BCUT2D eigenvalue weighted by atomic mass is 16.3. The molecular formula is C15H17N3O3. The van der Waals surface area contributed by atoms with Gasteiger partial charge in [-0.3, -0.25) is 4.79 Å². The average molecular weight is 287 g/mol. The fraction of sp³-hybridized carbons (Fsp3) is 0.333. The summed E-state index contributed by atoms with van der Waals surface area (Å²) in [6.07, 6.45) is 3.71. The lowest BCUT2D eigenvalue weighted by Crippen LogP contribution is -2.38. The molecule has 3 rings (SSSR count). The Hall–Kier alpha value is -2.18. The molecule has 110 valence electrons. The number of aliphatic hydroxyl groups is 2. The molecular weight excluding hydrogens is 270 g/mol. The van der Waals surface area contributed by atoms with Crippen molar-refractivity contribution in [1.82, 2.24) is 14.5 Å². The number of fused-ring (bicyclic) bond motifs is 1. The highest BCUT2D eigenvalue weighted by Crippen LogP contribution is 2.20. The van der Waals surface area contributed by atoms with Crippen LogP contribution in [0.3, 0.4) is 0 Å². The zero-order valence-corrected chi connectivity index (χ0v) is 11.7. The maximum atomic E-state index is 12.5. The molecule has 1 atom stereocenters. The molecule has 0 saturated heterocycles. The van der Waals surface area contributed by atoms with Crippen molar-refractivity contribution in [3.8, 4) is 0 Å². The van der Waals surface area contributed by atoms with Crippen LogP contribution >= 0.6 is 0 Å². The number of carbonyl (C=O) groups is 1. The Morgan fingerprint density at radius 1 is 1.43 bits per heavy atom. The summed E-state index contributed by atoms with van der Waals surface area (Å²) in [5.74, 6) is 0.433. The van der Waals surface area contributed by atoms with Gasteiger partial charge in [0.15, 0.2) is 0 Å². The molecule has 1 amide bonds. The minimum absolute atomic E-state index is 0.0806. The first-order valence-electron chi connectivity index (χ1n) is 6.80. The van der Waals surface area contributed by atoms with Gasteiger partial charge in [0.2, 0.25) is 0 Å². The van der Waals surface area contributed by atoms with E-state index in [9.17, 15) is 15.0 Å². The average Bonchev–Trinajstić information content (AvgIpc) is 3.10. The highest BCUT2D eigenvalue weighted by Gasteiger charge is 2.25. The zero-order valence-electron chi connectivity index (χ0n) is 11.7. The lowest BCUT2D eigenvalue weighted by Gasteiger charge is -2.23. The summed E-state index contributed by atoms with van der Waals surface area (Å²) >= 11 is 0. The van der Waals surface area contributed by atoms with Crippen molar-refractivity contribution in [1.29, 1.82) is 0 Å². The fourth-order valence-electron chi connectivity index (χ4n) is 2.65. The second-order valence-electron chi connectivity index (χ2n) is 5.08. The molecule has 2 N–H and O–H groups in total. The van der Waals surface area contributed by atoms with E-state index in [1.54, 1.807) is 21.6 Å². The molecule has 0 saturated carbocycles. The van der Waals surface area contributed by atoms with Gasteiger partial charge in [-0.05, 0) is 18.2 Å². The fourth-order valence-corrected chi connectivity index (χ4v) is 2.65. The Balaban J connectivity index is 1.96. The topological polar surface area (TPSA) is 78.6 Å². The number of hydrogen-bond donors (Lipinski definition) is 2. The zero-order chi connectivity index (χ0) is 15.0. The number of nitrogens with zero attached hydrogens (tertiary/aromatic N) is 3. The Morgan fingerprint density at radius 3 is 2.95 bits per heavy atom. The third-order valence-electron chi connectivity index (χ3n) is 3.87. The number of amides is 1. The molecule has 6 heteroatoms. The summed E-state index contributed by atoms with van der Waals surface area (Å²) in [6, 6.07) is 5.04. The van der Waals surface area contributed by atoms with Crippen LogP contribution in [0.5, 0.6) is 0 Å². The first-order chi connectivity index (χ1) is 10.2. The van der Waals surface area contributed by atoms with E-state index in [1.165, 1.54) is 0 Å². The Labute approximate surface area is 121 Å². The maximum absolute atomic E-state index is 12.5. The Kier molecular flexibility index (Phi) is 3.48. The van der Waals surface area contributed by atoms with Gasteiger partial charge in [-0.25, -0.2) is 4.98 Å². The van der Waals surface area contributed by atoms with Gasteiger partial charge in [0.25, 0.3) is 5.91 Å². The number of aliphatic hydroxyl groups excluding tert-OH is 2. The standard InChI is InChI=1S/C15H17N3O3/c1-17-13-5-4-10(7-12(13)16-14(17)9-20)15(21)18-6-2-3-11(18)8-19/h2-5,7,11,19-20H,6,8-9H2,1H3. The van der Waals surface area contributed by atoms with E-state index >= 15 is 0 Å². The normalized spacial score (nSPS) is 17.9. The molecule has 0 spiro atoms. The van der Waals surface area contributed by atoms with Gasteiger partial charge in [-0.2, -0.15) is 0 Å². The summed E-state index contributed by atoms with van der Waals surface area (Å²) in [6.45, 7) is 0.284. The molecule has 1 aliphatic heterocycles. The predicted molar refractivity (Wildman–Crippen MR) is 77.7 cm³/mol. The molecule has 0 radical (unpaired) electrons. The quantitative estimate of drug-likeness (QED) is 0.803. The summed E-state index contributed by atoms with van der Waals surface area (Å²) in [4.78, 5) is 18.5.